The molecule has 0 N–H and O–H groups in total. The fraction of sp³-hybridized carbons (Fsp3) is 0.583. The van der Waals surface area contributed by atoms with Gasteiger partial charge in [0.25, 0.3) is 0 Å². The van der Waals surface area contributed by atoms with Crippen LogP contribution in [0.15, 0.2) is 23.8 Å². The molecule has 0 aromatic rings. The highest BCUT2D eigenvalue weighted by atomic mass is 16.5. The van der Waals surface area contributed by atoms with Gasteiger partial charge in [-0.25, -0.2) is 4.79 Å². The van der Waals surface area contributed by atoms with Gasteiger partial charge in [-0.3, -0.25) is 0 Å². The van der Waals surface area contributed by atoms with Crippen molar-refractivity contribution in [2.45, 2.75) is 25.7 Å². The number of allylic oxidation sites excluding steroid dienone is 3. The predicted molar refractivity (Wildman–Crippen MR) is 54.7 cm³/mol. The van der Waals surface area contributed by atoms with Crippen molar-refractivity contribution in [3.63, 3.8) is 0 Å². The van der Waals surface area contributed by atoms with Gasteiger partial charge in [0.1, 0.15) is 0 Å². The highest BCUT2D eigenvalue weighted by molar-refractivity contribution is 5.90. The third-order valence-corrected chi connectivity index (χ3v) is 3.21. The normalized spacial score (nSPS) is 30.5. The van der Waals surface area contributed by atoms with Crippen LogP contribution in [0, 0.1) is 11.8 Å². The molecule has 2 nitrogen and oxygen atoms in total. The molecule has 2 rings (SSSR count). The number of fused-ring (bicyclic) bond motifs is 1. The topological polar surface area (TPSA) is 26.3 Å². The summed E-state index contributed by atoms with van der Waals surface area (Å²) in [6.45, 7) is 0. The van der Waals surface area contributed by atoms with E-state index in [0.717, 1.165) is 24.8 Å². The van der Waals surface area contributed by atoms with Gasteiger partial charge in [0.2, 0.25) is 0 Å². The zero-order valence-electron chi connectivity index (χ0n) is 8.53. The molecule has 0 spiro atoms. The molecule has 0 fully saturated rings. The van der Waals surface area contributed by atoms with Gasteiger partial charge in [0, 0.05) is 5.57 Å². The summed E-state index contributed by atoms with van der Waals surface area (Å²) in [5.41, 5.74) is 0.910. The molecule has 76 valence electrons. The molecular weight excluding hydrogens is 176 g/mol. The van der Waals surface area contributed by atoms with Crippen LogP contribution in [0.3, 0.4) is 0 Å². The smallest absolute Gasteiger partial charge is 0.333 e. The molecule has 2 unspecified atom stereocenters. The zero-order chi connectivity index (χ0) is 9.97. The molecule has 0 radical (unpaired) electrons. The molecule has 0 amide bonds. The molecule has 0 heterocycles. The van der Waals surface area contributed by atoms with Crippen molar-refractivity contribution >= 4 is 5.97 Å². The maximum atomic E-state index is 11.3. The average molecular weight is 192 g/mol. The molecule has 0 aromatic heterocycles. The summed E-state index contributed by atoms with van der Waals surface area (Å²) in [7, 11) is 1.46. The van der Waals surface area contributed by atoms with Crippen molar-refractivity contribution in [1.82, 2.24) is 0 Å². The average Bonchev–Trinajstić information content (AvgIpc) is 2.16. The summed E-state index contributed by atoms with van der Waals surface area (Å²) < 4.78 is 4.75. The third-order valence-electron chi connectivity index (χ3n) is 3.21. The van der Waals surface area contributed by atoms with Crippen LogP contribution in [0.25, 0.3) is 0 Å². The van der Waals surface area contributed by atoms with Gasteiger partial charge in [0.05, 0.1) is 7.11 Å². The molecule has 2 aliphatic rings. The van der Waals surface area contributed by atoms with Gasteiger partial charge < -0.3 is 4.74 Å². The second-order valence-corrected chi connectivity index (χ2v) is 4.01. The molecule has 0 saturated carbocycles. The molecule has 2 aliphatic carbocycles. The number of hydrogen-bond donors (Lipinski definition) is 0. The van der Waals surface area contributed by atoms with Gasteiger partial charge in [-0.1, -0.05) is 18.2 Å². The molecule has 0 saturated heterocycles. The van der Waals surface area contributed by atoms with Crippen molar-refractivity contribution < 1.29 is 9.53 Å². The summed E-state index contributed by atoms with van der Waals surface area (Å²) >= 11 is 0. The van der Waals surface area contributed by atoms with Crippen LogP contribution in [0.4, 0.5) is 0 Å². The maximum Gasteiger partial charge on any atom is 0.333 e. The number of esters is 1. The van der Waals surface area contributed by atoms with E-state index in [9.17, 15) is 4.79 Å². The Morgan fingerprint density at radius 2 is 2.07 bits per heavy atom. The van der Waals surface area contributed by atoms with E-state index >= 15 is 0 Å². The standard InChI is InChI=1S/C12H16O2/c1-14-12(13)11-8-9-6-4-2-3-5-7-10(9)11/h2-3,8-10H,4-7H2,1H3. The zero-order valence-corrected chi connectivity index (χ0v) is 8.53. The van der Waals surface area contributed by atoms with Crippen LogP contribution in [0.5, 0.6) is 0 Å². The van der Waals surface area contributed by atoms with Gasteiger partial charge in [-0.15, -0.1) is 0 Å². The number of hydrogen-bond acceptors (Lipinski definition) is 2. The Labute approximate surface area is 84.6 Å². The summed E-state index contributed by atoms with van der Waals surface area (Å²) in [5.74, 6) is 0.956. The molecule has 0 aromatic carbocycles. The lowest BCUT2D eigenvalue weighted by atomic mass is 9.69. The van der Waals surface area contributed by atoms with E-state index in [1.165, 1.54) is 13.5 Å². The van der Waals surface area contributed by atoms with E-state index in [0.29, 0.717) is 11.8 Å². The van der Waals surface area contributed by atoms with E-state index in [2.05, 4.69) is 18.2 Å². The largest absolute Gasteiger partial charge is 0.466 e. The first-order valence-corrected chi connectivity index (χ1v) is 5.28. The van der Waals surface area contributed by atoms with Crippen LogP contribution in [-0.4, -0.2) is 13.1 Å². The van der Waals surface area contributed by atoms with E-state index in [1.807, 2.05) is 0 Å². The quantitative estimate of drug-likeness (QED) is 0.471. The first-order chi connectivity index (χ1) is 6.83. The number of rotatable bonds is 1. The molecule has 14 heavy (non-hydrogen) atoms. The Balaban J connectivity index is 2.05. The lowest BCUT2D eigenvalue weighted by Gasteiger charge is -2.35. The highest BCUT2D eigenvalue weighted by Gasteiger charge is 2.36. The Morgan fingerprint density at radius 3 is 2.79 bits per heavy atom. The summed E-state index contributed by atoms with van der Waals surface area (Å²) in [6.07, 6.45) is 11.1. The van der Waals surface area contributed by atoms with Crippen LogP contribution < -0.4 is 0 Å². The lowest BCUT2D eigenvalue weighted by molar-refractivity contribution is -0.137. The van der Waals surface area contributed by atoms with Crippen LogP contribution in [-0.2, 0) is 9.53 Å². The second-order valence-electron chi connectivity index (χ2n) is 4.01. The van der Waals surface area contributed by atoms with Crippen molar-refractivity contribution in [3.8, 4) is 0 Å². The lowest BCUT2D eigenvalue weighted by Crippen LogP contribution is -2.30. The van der Waals surface area contributed by atoms with Crippen LogP contribution in [0.1, 0.15) is 25.7 Å². The number of carbonyl (C=O) groups is 1. The molecular formula is C12H16O2. The van der Waals surface area contributed by atoms with E-state index < -0.39 is 0 Å². The van der Waals surface area contributed by atoms with E-state index in [4.69, 9.17) is 4.74 Å². The Morgan fingerprint density at radius 1 is 1.36 bits per heavy atom. The summed E-state index contributed by atoms with van der Waals surface area (Å²) in [6, 6.07) is 0. The van der Waals surface area contributed by atoms with Gasteiger partial charge in [-0.05, 0) is 37.5 Å². The first-order valence-electron chi connectivity index (χ1n) is 5.28. The molecule has 2 atom stereocenters. The molecule has 0 aliphatic heterocycles. The van der Waals surface area contributed by atoms with Crippen molar-refractivity contribution in [1.29, 1.82) is 0 Å². The predicted octanol–water partition coefficient (Wildman–Crippen LogP) is 2.46. The number of methoxy groups -OCH3 is 1. The van der Waals surface area contributed by atoms with Gasteiger partial charge >= 0.3 is 5.97 Å². The minimum Gasteiger partial charge on any atom is -0.466 e. The highest BCUT2D eigenvalue weighted by Crippen LogP contribution is 2.41. The molecule has 0 bridgehead atoms. The van der Waals surface area contributed by atoms with Crippen LogP contribution >= 0.6 is 0 Å². The first kappa shape index (κ1) is 9.50. The fourth-order valence-corrected chi connectivity index (χ4v) is 2.37. The Kier molecular flexibility index (Phi) is 2.71. The monoisotopic (exact) mass is 192 g/mol. The van der Waals surface area contributed by atoms with Crippen molar-refractivity contribution in [2.75, 3.05) is 7.11 Å². The minimum absolute atomic E-state index is 0.129. The molecule has 2 heteroatoms. The van der Waals surface area contributed by atoms with Gasteiger partial charge in [0.15, 0.2) is 0 Å². The second kappa shape index (κ2) is 3.99. The van der Waals surface area contributed by atoms with Crippen molar-refractivity contribution in [3.05, 3.63) is 23.8 Å². The SMILES string of the molecule is COC(=O)C1=CC2CCC=CCCC12. The number of carbonyl (C=O) groups excluding carboxylic acids is 1. The maximum absolute atomic E-state index is 11.3. The number of ether oxygens (including phenoxy) is 1. The summed E-state index contributed by atoms with van der Waals surface area (Å²) in [4.78, 5) is 11.3. The van der Waals surface area contributed by atoms with Crippen molar-refractivity contribution in [2.24, 2.45) is 11.8 Å². The van der Waals surface area contributed by atoms with E-state index in [1.54, 1.807) is 0 Å². The Hall–Kier alpha value is -1.05. The minimum atomic E-state index is -0.129. The van der Waals surface area contributed by atoms with E-state index in [-0.39, 0.29) is 5.97 Å². The third kappa shape index (κ3) is 1.61. The Bertz CT molecular complexity index is 289. The fourth-order valence-electron chi connectivity index (χ4n) is 2.37. The van der Waals surface area contributed by atoms with Crippen LogP contribution in [0.2, 0.25) is 0 Å². The van der Waals surface area contributed by atoms with Gasteiger partial charge in [-0.2, -0.15) is 0 Å². The summed E-state index contributed by atoms with van der Waals surface area (Å²) in [5, 5.41) is 0.